The Hall–Kier alpha value is -2.90. The fraction of sp³-hybridized carbons (Fsp3) is 0.500. The van der Waals surface area contributed by atoms with Gasteiger partial charge in [-0.25, -0.2) is 9.97 Å². The predicted molar refractivity (Wildman–Crippen MR) is 103 cm³/mol. The number of carbonyl (C=O) groups excluding carboxylic acids is 2. The maximum atomic E-state index is 12.8. The average Bonchev–Trinajstić information content (AvgIpc) is 3.28. The molecule has 2 aromatic heterocycles. The molecule has 0 unspecified atom stereocenters. The zero-order chi connectivity index (χ0) is 19.5. The van der Waals surface area contributed by atoms with Gasteiger partial charge in [-0.05, 0) is 37.0 Å². The van der Waals surface area contributed by atoms with Gasteiger partial charge in [-0.1, -0.05) is 6.92 Å². The minimum Gasteiger partial charge on any atom is -0.459 e. The Labute approximate surface area is 164 Å². The van der Waals surface area contributed by atoms with Gasteiger partial charge in [0, 0.05) is 45.5 Å². The highest BCUT2D eigenvalue weighted by molar-refractivity contribution is 5.92. The molecule has 2 saturated heterocycles. The molecule has 0 aromatic carbocycles. The van der Waals surface area contributed by atoms with E-state index in [9.17, 15) is 9.59 Å². The van der Waals surface area contributed by atoms with Crippen LogP contribution in [-0.4, -0.2) is 70.9 Å². The molecule has 2 amide bonds. The summed E-state index contributed by atoms with van der Waals surface area (Å²) in [6.45, 7) is 6.15. The van der Waals surface area contributed by atoms with Gasteiger partial charge in [-0.3, -0.25) is 9.59 Å². The van der Waals surface area contributed by atoms with Gasteiger partial charge in [0.1, 0.15) is 5.69 Å². The van der Waals surface area contributed by atoms with Gasteiger partial charge < -0.3 is 19.1 Å². The number of piperidine rings is 1. The van der Waals surface area contributed by atoms with Crippen molar-refractivity contribution in [1.29, 1.82) is 0 Å². The standard InChI is InChI=1S/C20H25N5O3/c1-15-5-8-23(9-6-15)18(26)16-4-7-21-20(22-16)25-12-10-24(11-13-25)19(27)17-3-2-14-28-17/h2-4,7,14-15H,5-6,8-13H2,1H3. The van der Waals surface area contributed by atoms with Crippen LogP contribution in [0.3, 0.4) is 0 Å². The molecule has 0 spiro atoms. The highest BCUT2D eigenvalue weighted by Gasteiger charge is 2.26. The highest BCUT2D eigenvalue weighted by Crippen LogP contribution is 2.19. The monoisotopic (exact) mass is 383 g/mol. The van der Waals surface area contributed by atoms with Gasteiger partial charge in [0.25, 0.3) is 11.8 Å². The molecule has 0 saturated carbocycles. The first-order chi connectivity index (χ1) is 13.6. The fourth-order valence-corrected chi connectivity index (χ4v) is 3.66. The summed E-state index contributed by atoms with van der Waals surface area (Å²) in [7, 11) is 0. The van der Waals surface area contributed by atoms with Crippen LogP contribution in [0, 0.1) is 5.92 Å². The van der Waals surface area contributed by atoms with Crippen molar-refractivity contribution in [3.8, 4) is 0 Å². The Balaban J connectivity index is 1.38. The lowest BCUT2D eigenvalue weighted by Crippen LogP contribution is -2.49. The van der Waals surface area contributed by atoms with E-state index in [1.54, 1.807) is 29.3 Å². The van der Waals surface area contributed by atoms with E-state index in [1.165, 1.54) is 6.26 Å². The molecule has 28 heavy (non-hydrogen) atoms. The van der Waals surface area contributed by atoms with Crippen LogP contribution in [0.1, 0.15) is 40.8 Å². The van der Waals surface area contributed by atoms with Crippen LogP contribution < -0.4 is 4.90 Å². The van der Waals surface area contributed by atoms with Crippen molar-refractivity contribution >= 4 is 17.8 Å². The van der Waals surface area contributed by atoms with E-state index in [4.69, 9.17) is 4.42 Å². The molecule has 2 fully saturated rings. The second-order valence-electron chi connectivity index (χ2n) is 7.47. The van der Waals surface area contributed by atoms with Gasteiger partial charge >= 0.3 is 0 Å². The summed E-state index contributed by atoms with van der Waals surface area (Å²) in [6.07, 6.45) is 5.22. The molecule has 0 radical (unpaired) electrons. The summed E-state index contributed by atoms with van der Waals surface area (Å²) < 4.78 is 5.19. The van der Waals surface area contributed by atoms with Crippen molar-refractivity contribution in [2.24, 2.45) is 5.92 Å². The number of carbonyl (C=O) groups is 2. The first kappa shape index (κ1) is 18.5. The Morgan fingerprint density at radius 3 is 2.39 bits per heavy atom. The molecular weight excluding hydrogens is 358 g/mol. The Bertz CT molecular complexity index is 822. The molecule has 4 heterocycles. The molecule has 0 atom stereocenters. The number of rotatable bonds is 3. The van der Waals surface area contributed by atoms with Gasteiger partial charge in [-0.2, -0.15) is 0 Å². The summed E-state index contributed by atoms with van der Waals surface area (Å²) in [6, 6.07) is 5.07. The summed E-state index contributed by atoms with van der Waals surface area (Å²) in [5, 5.41) is 0. The molecule has 4 rings (SSSR count). The molecule has 148 valence electrons. The number of piperazine rings is 1. The van der Waals surface area contributed by atoms with Gasteiger partial charge in [0.2, 0.25) is 5.95 Å². The normalized spacial score (nSPS) is 18.4. The van der Waals surface area contributed by atoms with Crippen molar-refractivity contribution in [2.45, 2.75) is 19.8 Å². The van der Waals surface area contributed by atoms with Gasteiger partial charge in [0.05, 0.1) is 6.26 Å². The topological polar surface area (TPSA) is 82.8 Å². The summed E-state index contributed by atoms with van der Waals surface area (Å²) >= 11 is 0. The largest absolute Gasteiger partial charge is 0.459 e. The molecule has 0 bridgehead atoms. The highest BCUT2D eigenvalue weighted by atomic mass is 16.3. The van der Waals surface area contributed by atoms with Crippen LogP contribution >= 0.6 is 0 Å². The lowest BCUT2D eigenvalue weighted by atomic mass is 9.99. The average molecular weight is 383 g/mol. The molecule has 2 aliphatic rings. The number of amides is 2. The van der Waals surface area contributed by atoms with Crippen molar-refractivity contribution in [3.63, 3.8) is 0 Å². The molecule has 0 N–H and O–H groups in total. The zero-order valence-electron chi connectivity index (χ0n) is 16.1. The first-order valence-electron chi connectivity index (χ1n) is 9.82. The molecular formula is C20H25N5O3. The third-order valence-corrected chi connectivity index (χ3v) is 5.51. The lowest BCUT2D eigenvalue weighted by molar-refractivity contribution is 0.0690. The van der Waals surface area contributed by atoms with E-state index in [2.05, 4.69) is 16.9 Å². The van der Waals surface area contributed by atoms with E-state index in [-0.39, 0.29) is 11.8 Å². The summed E-state index contributed by atoms with van der Waals surface area (Å²) in [5.74, 6) is 1.44. The van der Waals surface area contributed by atoms with Crippen LogP contribution in [0.15, 0.2) is 35.1 Å². The van der Waals surface area contributed by atoms with E-state index in [1.807, 2.05) is 9.80 Å². The van der Waals surface area contributed by atoms with Crippen LogP contribution in [0.5, 0.6) is 0 Å². The molecule has 2 aromatic rings. The van der Waals surface area contributed by atoms with E-state index >= 15 is 0 Å². The number of nitrogens with zero attached hydrogens (tertiary/aromatic N) is 5. The van der Waals surface area contributed by atoms with Crippen LogP contribution in [-0.2, 0) is 0 Å². The van der Waals surface area contributed by atoms with Gasteiger partial charge in [0.15, 0.2) is 5.76 Å². The number of hydrogen-bond acceptors (Lipinski definition) is 6. The van der Waals surface area contributed by atoms with Crippen molar-refractivity contribution in [3.05, 3.63) is 42.1 Å². The molecule has 8 nitrogen and oxygen atoms in total. The number of hydrogen-bond donors (Lipinski definition) is 0. The lowest BCUT2D eigenvalue weighted by Gasteiger charge is -2.34. The molecule has 0 aliphatic carbocycles. The minimum atomic E-state index is -0.103. The number of furan rings is 1. The van der Waals surface area contributed by atoms with Gasteiger partial charge in [-0.15, -0.1) is 0 Å². The van der Waals surface area contributed by atoms with E-state index < -0.39 is 0 Å². The minimum absolute atomic E-state index is 0.0258. The predicted octanol–water partition coefficient (Wildman–Crippen LogP) is 1.90. The second-order valence-corrected chi connectivity index (χ2v) is 7.47. The molecule has 8 heteroatoms. The van der Waals surface area contributed by atoms with Crippen LogP contribution in [0.4, 0.5) is 5.95 Å². The number of aromatic nitrogens is 2. The zero-order valence-corrected chi connectivity index (χ0v) is 16.1. The maximum Gasteiger partial charge on any atom is 0.289 e. The second kappa shape index (κ2) is 8.00. The third kappa shape index (κ3) is 3.85. The first-order valence-corrected chi connectivity index (χ1v) is 9.82. The van der Waals surface area contributed by atoms with Crippen LogP contribution in [0.25, 0.3) is 0 Å². The van der Waals surface area contributed by atoms with Crippen molar-refractivity contribution in [2.75, 3.05) is 44.2 Å². The van der Waals surface area contributed by atoms with Crippen LogP contribution in [0.2, 0.25) is 0 Å². The Morgan fingerprint density at radius 1 is 1.00 bits per heavy atom. The number of likely N-dealkylation sites (tertiary alicyclic amines) is 1. The fourth-order valence-electron chi connectivity index (χ4n) is 3.66. The van der Waals surface area contributed by atoms with E-state index in [0.29, 0.717) is 49.5 Å². The maximum absolute atomic E-state index is 12.8. The number of anilines is 1. The van der Waals surface area contributed by atoms with Crippen molar-refractivity contribution < 1.29 is 14.0 Å². The smallest absolute Gasteiger partial charge is 0.289 e. The SMILES string of the molecule is CC1CCN(C(=O)c2ccnc(N3CCN(C(=O)c4ccco4)CC3)n2)CC1. The third-order valence-electron chi connectivity index (χ3n) is 5.51. The molecule has 2 aliphatic heterocycles. The summed E-state index contributed by atoms with van der Waals surface area (Å²) in [4.78, 5) is 39.7. The Morgan fingerprint density at radius 2 is 1.71 bits per heavy atom. The van der Waals surface area contributed by atoms with Crippen molar-refractivity contribution in [1.82, 2.24) is 19.8 Å². The quantitative estimate of drug-likeness (QED) is 0.805. The summed E-state index contributed by atoms with van der Waals surface area (Å²) in [5.41, 5.74) is 0.439. The Kier molecular flexibility index (Phi) is 5.27. The van der Waals surface area contributed by atoms with E-state index in [0.717, 1.165) is 25.9 Å².